The lowest BCUT2D eigenvalue weighted by Crippen LogP contribution is -2.51. The molecule has 2 bridgehead atoms. The Balaban J connectivity index is 0.923. The van der Waals surface area contributed by atoms with Crippen LogP contribution < -0.4 is 30.5 Å². The number of nitriles is 1. The fraction of sp³-hybridized carbons (Fsp3) is 0.450. The van der Waals surface area contributed by atoms with Crippen LogP contribution in [0.2, 0.25) is 5.02 Å². The average molecular weight is 854 g/mol. The first-order valence-corrected chi connectivity index (χ1v) is 20.0. The number of aliphatic hydroxyl groups excluding tert-OH is 1. The highest BCUT2D eigenvalue weighted by atomic mass is 35.5. The van der Waals surface area contributed by atoms with Gasteiger partial charge in [0.2, 0.25) is 11.8 Å². The van der Waals surface area contributed by atoms with Crippen LogP contribution in [0, 0.1) is 11.3 Å². The number of nitrogens with one attached hydrogen (secondary N) is 3. The summed E-state index contributed by atoms with van der Waals surface area (Å²) in [6.07, 6.45) is -2.57. The molecule has 4 fully saturated rings. The minimum Gasteiger partial charge on any atom is -0.492 e. The Hall–Kier alpha value is -5.06. The number of likely N-dealkylation sites (tertiary alicyclic amines) is 2. The third-order valence-corrected chi connectivity index (χ3v) is 11.8. The van der Waals surface area contributed by atoms with Crippen molar-refractivity contribution in [3.05, 3.63) is 70.5 Å². The summed E-state index contributed by atoms with van der Waals surface area (Å²) in [5.41, 5.74) is -0.923. The summed E-state index contributed by atoms with van der Waals surface area (Å²) in [5, 5.41) is 28.4. The number of aryl methyl sites for hydroxylation is 1. The van der Waals surface area contributed by atoms with Crippen molar-refractivity contribution in [1.82, 2.24) is 20.1 Å². The van der Waals surface area contributed by atoms with Gasteiger partial charge in [-0.15, -0.1) is 0 Å². The third kappa shape index (κ3) is 8.66. The van der Waals surface area contributed by atoms with Gasteiger partial charge in [0.05, 0.1) is 30.0 Å². The highest BCUT2D eigenvalue weighted by Crippen LogP contribution is 2.40. The Morgan fingerprint density at radius 3 is 2.53 bits per heavy atom. The molecule has 1 aromatic heterocycles. The zero-order valence-corrected chi connectivity index (χ0v) is 34.0. The summed E-state index contributed by atoms with van der Waals surface area (Å²) in [4.78, 5) is 49.2. The molecule has 312 valence electrons. The molecule has 4 atom stereocenters. The Kier molecular flexibility index (Phi) is 11.8. The number of piperidine rings is 1. The predicted molar refractivity (Wildman–Crippen MR) is 218 cm³/mol. The molecule has 59 heavy (non-hydrogen) atoms. The second-order valence-corrected chi connectivity index (χ2v) is 16.4. The van der Waals surface area contributed by atoms with E-state index in [1.165, 1.54) is 6.07 Å². The number of amides is 3. The van der Waals surface area contributed by atoms with Crippen molar-refractivity contribution in [2.45, 2.75) is 82.5 Å². The lowest BCUT2D eigenvalue weighted by atomic mass is 10.0. The Morgan fingerprint density at radius 1 is 1.12 bits per heavy atom. The number of rotatable bonds is 12. The number of carbonyl (C=O) groups is 3. The Bertz CT molecular complexity index is 2220. The zero-order valence-electron chi connectivity index (χ0n) is 32.5. The van der Waals surface area contributed by atoms with Crippen LogP contribution in [0.3, 0.4) is 0 Å². The monoisotopic (exact) mass is 853 g/mol. The molecule has 4 saturated heterocycles. The first-order chi connectivity index (χ1) is 28.0. The van der Waals surface area contributed by atoms with E-state index >= 15 is 0 Å². The third-order valence-electron chi connectivity index (χ3n) is 11.3. The van der Waals surface area contributed by atoms with E-state index in [-0.39, 0.29) is 41.2 Å². The second-order valence-electron chi connectivity index (χ2n) is 15.6. The molecule has 0 aliphatic carbocycles. The minimum atomic E-state index is -4.86. The molecule has 3 amide bonds. The van der Waals surface area contributed by atoms with Crippen molar-refractivity contribution in [3.8, 4) is 11.8 Å². The number of benzene rings is 2. The highest BCUT2D eigenvalue weighted by Gasteiger charge is 2.51. The maximum Gasteiger partial charge on any atom is 0.419 e. The summed E-state index contributed by atoms with van der Waals surface area (Å²) in [5.74, 6) is -0.255. The molecule has 3 aromatic rings. The predicted octanol–water partition coefficient (Wildman–Crippen LogP) is 4.89. The molecule has 0 radical (unpaired) electrons. The Morgan fingerprint density at radius 2 is 1.85 bits per heavy atom. The number of aromatic nitrogens is 1. The van der Waals surface area contributed by atoms with E-state index in [2.05, 4.69) is 30.7 Å². The lowest BCUT2D eigenvalue weighted by molar-refractivity contribution is -0.138. The molecule has 4 N–H and O–H groups in total. The van der Waals surface area contributed by atoms with Gasteiger partial charge in [-0.1, -0.05) is 18.5 Å². The molecule has 19 heteroatoms. The fourth-order valence-corrected chi connectivity index (χ4v) is 9.07. The molecule has 7 rings (SSSR count). The van der Waals surface area contributed by atoms with Crippen LogP contribution in [0.1, 0.15) is 56.9 Å². The molecule has 0 saturated carbocycles. The van der Waals surface area contributed by atoms with Crippen LogP contribution in [-0.2, 0) is 27.0 Å². The van der Waals surface area contributed by atoms with Crippen LogP contribution in [0.4, 0.5) is 35.9 Å². The normalized spacial score (nSPS) is 23.1. The van der Waals surface area contributed by atoms with Crippen molar-refractivity contribution in [2.75, 3.05) is 53.2 Å². The van der Waals surface area contributed by atoms with Crippen LogP contribution in [-0.4, -0.2) is 105 Å². The van der Waals surface area contributed by atoms with E-state index in [1.54, 1.807) is 49.1 Å². The first-order valence-electron chi connectivity index (χ1n) is 19.2. The molecule has 2 aromatic carbocycles. The van der Waals surface area contributed by atoms with E-state index in [4.69, 9.17) is 28.6 Å². The van der Waals surface area contributed by atoms with E-state index < -0.39 is 41.1 Å². The van der Waals surface area contributed by atoms with Crippen molar-refractivity contribution >= 4 is 69.4 Å². The minimum absolute atomic E-state index is 0.0216. The van der Waals surface area contributed by atoms with Crippen LogP contribution in [0.5, 0.6) is 5.75 Å². The number of ether oxygens (including phenoxy) is 1. The molecule has 5 heterocycles. The van der Waals surface area contributed by atoms with Gasteiger partial charge in [0.1, 0.15) is 30.2 Å². The number of halogens is 4. The summed E-state index contributed by atoms with van der Waals surface area (Å²) < 4.78 is 47.5. The topological polar surface area (TPSA) is 166 Å². The van der Waals surface area contributed by atoms with Gasteiger partial charge in [0.25, 0.3) is 5.91 Å². The van der Waals surface area contributed by atoms with Gasteiger partial charge >= 0.3 is 6.18 Å². The number of fused-ring (bicyclic) bond motifs is 2. The summed E-state index contributed by atoms with van der Waals surface area (Å²) >= 11 is 12.0. The maximum absolute atomic E-state index is 13.7. The first kappa shape index (κ1) is 42.1. The van der Waals surface area contributed by atoms with Crippen molar-refractivity contribution < 1.29 is 37.4 Å². The van der Waals surface area contributed by atoms with Crippen LogP contribution >= 0.6 is 23.8 Å². The standard InChI is InChI=1S/C40H43ClF3N9O5S/c1-4-22-11-26(53-38(59)52(37(57)39(53,2)3)27-16-30(40(42,43)44)32(17-45)46-18-27)5-7-33(22)58-10-9-50-19-29-15-28(50)20-51(29)21-35(55)48-25-13-23(41)12-24(14-25)47-31-6-8-34(54)49-36(31)56/h5,7,11-14,16,18,28-29,31,36,47,56H,4,6,8-10,15,19-21H2,1-3H3,(H,48,55)(H,49,54)/t28-,29-,31?,36-/m1/s1. The van der Waals surface area contributed by atoms with Crippen LogP contribution in [0.25, 0.3) is 0 Å². The quantitative estimate of drug-likeness (QED) is 0.183. The number of hydrogen-bond donors (Lipinski definition) is 4. The van der Waals surface area contributed by atoms with Gasteiger partial charge in [-0.25, -0.2) is 4.98 Å². The van der Waals surface area contributed by atoms with Crippen molar-refractivity contribution in [3.63, 3.8) is 0 Å². The van der Waals surface area contributed by atoms with Gasteiger partial charge in [-0.2, -0.15) is 18.4 Å². The molecule has 1 unspecified atom stereocenters. The Labute approximate surface area is 349 Å². The molecule has 4 aliphatic heterocycles. The number of hydrogen-bond acceptors (Lipinski definition) is 11. The SMILES string of the molecule is CCc1cc(N2C(=S)N(c3cnc(C#N)c(C(F)(F)F)c3)C(=O)C2(C)C)ccc1OCCN1C[C@H]2C[C@@H]1CN2CC(=O)Nc1cc(Cl)cc(NC2CCC(=O)N[C@@H]2O)c1. The van der Waals surface area contributed by atoms with E-state index in [0.29, 0.717) is 60.2 Å². The van der Waals surface area contributed by atoms with Crippen molar-refractivity contribution in [2.24, 2.45) is 0 Å². The van der Waals surface area contributed by atoms with E-state index in [1.807, 2.05) is 13.0 Å². The van der Waals surface area contributed by atoms with Gasteiger partial charge in [0.15, 0.2) is 10.8 Å². The lowest BCUT2D eigenvalue weighted by Gasteiger charge is -2.33. The number of aliphatic hydroxyl groups is 1. The number of thiocarbonyl (C=S) groups is 1. The highest BCUT2D eigenvalue weighted by molar-refractivity contribution is 7.81. The number of anilines is 4. The van der Waals surface area contributed by atoms with E-state index in [9.17, 15) is 37.9 Å². The summed E-state index contributed by atoms with van der Waals surface area (Å²) in [6.45, 7) is 8.08. The number of nitrogens with zero attached hydrogens (tertiary/aromatic N) is 6. The number of alkyl halides is 3. The molecular formula is C40H43ClF3N9O5S. The van der Waals surface area contributed by atoms with Crippen molar-refractivity contribution in [1.29, 1.82) is 5.26 Å². The van der Waals surface area contributed by atoms with E-state index in [0.717, 1.165) is 42.2 Å². The number of piperazine rings is 1. The van der Waals surface area contributed by atoms with Gasteiger partial charge in [0, 0.05) is 60.2 Å². The summed E-state index contributed by atoms with van der Waals surface area (Å²) in [6, 6.07) is 12.8. The average Bonchev–Trinajstić information content (AvgIpc) is 3.80. The largest absolute Gasteiger partial charge is 0.492 e. The number of pyridine rings is 1. The van der Waals surface area contributed by atoms with Gasteiger partial charge in [-0.05, 0) is 93.4 Å². The summed E-state index contributed by atoms with van der Waals surface area (Å²) in [7, 11) is 0. The van der Waals surface area contributed by atoms with Crippen LogP contribution in [0.15, 0.2) is 48.7 Å². The smallest absolute Gasteiger partial charge is 0.419 e. The fourth-order valence-electron chi connectivity index (χ4n) is 8.31. The maximum atomic E-state index is 13.7. The molecule has 4 aliphatic rings. The molecule has 14 nitrogen and oxygen atoms in total. The second kappa shape index (κ2) is 16.5. The number of carbonyl (C=O) groups excluding carboxylic acids is 3. The van der Waals surface area contributed by atoms with Gasteiger partial charge in [-0.3, -0.25) is 29.1 Å². The van der Waals surface area contributed by atoms with Gasteiger partial charge < -0.3 is 30.7 Å². The zero-order chi connectivity index (χ0) is 42.4. The molecule has 0 spiro atoms. The molecular weight excluding hydrogens is 811 g/mol.